The van der Waals surface area contributed by atoms with Crippen LogP contribution in [0.1, 0.15) is 46.0 Å². The van der Waals surface area contributed by atoms with Gasteiger partial charge in [-0.15, -0.1) is 0 Å². The Balaban J connectivity index is 2.03. The molecule has 0 aromatic rings. The van der Waals surface area contributed by atoms with E-state index < -0.39 is 0 Å². The van der Waals surface area contributed by atoms with E-state index >= 15 is 0 Å². The highest BCUT2D eigenvalue weighted by Crippen LogP contribution is 2.32. The lowest BCUT2D eigenvalue weighted by Crippen LogP contribution is -2.61. The molecular weight excluding hydrogens is 216 g/mol. The predicted octanol–water partition coefficient (Wildman–Crippen LogP) is 1.30. The Morgan fingerprint density at radius 2 is 2.12 bits per heavy atom. The molecule has 2 amide bonds. The fraction of sp³-hybridized carbons (Fsp3) is 0.846. The fourth-order valence-electron chi connectivity index (χ4n) is 2.74. The minimum Gasteiger partial charge on any atom is -0.343 e. The van der Waals surface area contributed by atoms with Crippen molar-refractivity contribution in [1.82, 2.24) is 10.2 Å². The van der Waals surface area contributed by atoms with E-state index in [1.54, 1.807) is 4.90 Å². The molecule has 1 aliphatic heterocycles. The van der Waals surface area contributed by atoms with Gasteiger partial charge in [0.25, 0.3) is 0 Å². The summed E-state index contributed by atoms with van der Waals surface area (Å²) in [5, 5.41) is 2.80. The number of nitrogens with one attached hydrogen (secondary N) is 1. The van der Waals surface area contributed by atoms with Gasteiger partial charge in [-0.05, 0) is 32.1 Å². The minimum absolute atomic E-state index is 0.00535. The maximum Gasteiger partial charge on any atom is 0.245 e. The van der Waals surface area contributed by atoms with Crippen molar-refractivity contribution < 1.29 is 9.59 Å². The molecule has 2 fully saturated rings. The second-order valence-electron chi connectivity index (χ2n) is 5.31. The van der Waals surface area contributed by atoms with Crippen LogP contribution in [0.2, 0.25) is 0 Å². The standard InChI is InChI=1S/C13H22N2O2/c1-3-5-11-13(17)15(8-12(16)14-11)9(2)10-6-4-7-10/h9-11H,3-8H2,1-2H3,(H,14,16). The van der Waals surface area contributed by atoms with Crippen molar-refractivity contribution in [2.24, 2.45) is 5.92 Å². The molecule has 2 rings (SSSR count). The average molecular weight is 238 g/mol. The normalized spacial score (nSPS) is 27.6. The molecule has 0 radical (unpaired) electrons. The first-order valence-electron chi connectivity index (χ1n) is 6.73. The first kappa shape index (κ1) is 12.4. The van der Waals surface area contributed by atoms with E-state index in [0.717, 1.165) is 12.8 Å². The van der Waals surface area contributed by atoms with Crippen LogP contribution in [-0.2, 0) is 9.59 Å². The number of amides is 2. The van der Waals surface area contributed by atoms with Gasteiger partial charge < -0.3 is 10.2 Å². The van der Waals surface area contributed by atoms with Gasteiger partial charge in [-0.25, -0.2) is 0 Å². The second-order valence-corrected chi connectivity index (χ2v) is 5.31. The van der Waals surface area contributed by atoms with Gasteiger partial charge in [0, 0.05) is 6.04 Å². The van der Waals surface area contributed by atoms with Crippen LogP contribution in [-0.4, -0.2) is 35.3 Å². The molecule has 4 nitrogen and oxygen atoms in total. The van der Waals surface area contributed by atoms with E-state index in [0.29, 0.717) is 5.92 Å². The van der Waals surface area contributed by atoms with Crippen LogP contribution in [0, 0.1) is 5.92 Å². The Morgan fingerprint density at radius 1 is 1.41 bits per heavy atom. The summed E-state index contributed by atoms with van der Waals surface area (Å²) in [5.74, 6) is 0.715. The third kappa shape index (κ3) is 2.45. The Hall–Kier alpha value is -1.06. The molecule has 1 saturated carbocycles. The lowest BCUT2D eigenvalue weighted by Gasteiger charge is -2.42. The van der Waals surface area contributed by atoms with Crippen LogP contribution in [0.4, 0.5) is 0 Å². The van der Waals surface area contributed by atoms with E-state index in [9.17, 15) is 9.59 Å². The van der Waals surface area contributed by atoms with E-state index in [1.807, 2.05) is 6.92 Å². The van der Waals surface area contributed by atoms with Gasteiger partial charge >= 0.3 is 0 Å². The summed E-state index contributed by atoms with van der Waals surface area (Å²) >= 11 is 0. The molecule has 2 atom stereocenters. The van der Waals surface area contributed by atoms with E-state index in [1.165, 1.54) is 19.3 Å². The monoisotopic (exact) mass is 238 g/mol. The summed E-state index contributed by atoms with van der Waals surface area (Å²) in [5.41, 5.74) is 0. The lowest BCUT2D eigenvalue weighted by atomic mass is 9.79. The van der Waals surface area contributed by atoms with Crippen molar-refractivity contribution in [3.63, 3.8) is 0 Å². The van der Waals surface area contributed by atoms with Crippen LogP contribution >= 0.6 is 0 Å². The van der Waals surface area contributed by atoms with Gasteiger partial charge in [-0.3, -0.25) is 9.59 Å². The average Bonchev–Trinajstić information content (AvgIpc) is 2.20. The minimum atomic E-state index is -0.288. The number of piperazine rings is 1. The highest BCUT2D eigenvalue weighted by atomic mass is 16.2. The molecule has 0 spiro atoms. The molecule has 0 bridgehead atoms. The molecule has 1 N–H and O–H groups in total. The number of rotatable bonds is 4. The lowest BCUT2D eigenvalue weighted by molar-refractivity contribution is -0.148. The summed E-state index contributed by atoms with van der Waals surface area (Å²) in [7, 11) is 0. The highest BCUT2D eigenvalue weighted by Gasteiger charge is 2.38. The van der Waals surface area contributed by atoms with E-state index in [2.05, 4.69) is 12.2 Å². The second kappa shape index (κ2) is 5.07. The van der Waals surface area contributed by atoms with Crippen molar-refractivity contribution in [3.8, 4) is 0 Å². The topological polar surface area (TPSA) is 49.4 Å². The number of hydrogen-bond acceptors (Lipinski definition) is 2. The quantitative estimate of drug-likeness (QED) is 0.802. The van der Waals surface area contributed by atoms with Crippen LogP contribution < -0.4 is 5.32 Å². The molecule has 2 unspecified atom stereocenters. The number of hydrogen-bond donors (Lipinski definition) is 1. The van der Waals surface area contributed by atoms with Crippen molar-refractivity contribution in [3.05, 3.63) is 0 Å². The summed E-state index contributed by atoms with van der Waals surface area (Å²) in [6, 6.07) is -0.0644. The molecule has 0 aromatic heterocycles. The summed E-state index contributed by atoms with van der Waals surface area (Å²) < 4.78 is 0. The molecular formula is C13H22N2O2. The number of carbonyl (C=O) groups excluding carboxylic acids is 2. The van der Waals surface area contributed by atoms with Gasteiger partial charge in [0.15, 0.2) is 0 Å². The fourth-order valence-corrected chi connectivity index (χ4v) is 2.74. The highest BCUT2D eigenvalue weighted by molar-refractivity contribution is 5.95. The third-order valence-electron chi connectivity index (χ3n) is 4.13. The van der Waals surface area contributed by atoms with Crippen LogP contribution in [0.25, 0.3) is 0 Å². The molecule has 2 aliphatic rings. The van der Waals surface area contributed by atoms with Crippen LogP contribution in [0.3, 0.4) is 0 Å². The molecule has 96 valence electrons. The third-order valence-corrected chi connectivity index (χ3v) is 4.13. The van der Waals surface area contributed by atoms with Gasteiger partial charge in [0.05, 0.1) is 6.54 Å². The summed E-state index contributed by atoms with van der Waals surface area (Å²) in [6.45, 7) is 4.37. The molecule has 1 aliphatic carbocycles. The number of carbonyl (C=O) groups is 2. The zero-order chi connectivity index (χ0) is 12.4. The van der Waals surface area contributed by atoms with Crippen molar-refractivity contribution in [1.29, 1.82) is 0 Å². The summed E-state index contributed by atoms with van der Waals surface area (Å²) in [4.78, 5) is 25.7. The zero-order valence-corrected chi connectivity index (χ0v) is 10.7. The van der Waals surface area contributed by atoms with Crippen LogP contribution in [0.5, 0.6) is 0 Å². The maximum absolute atomic E-state index is 12.3. The molecule has 1 saturated heterocycles. The molecule has 0 aromatic carbocycles. The van der Waals surface area contributed by atoms with Gasteiger partial charge in [-0.1, -0.05) is 19.8 Å². The maximum atomic E-state index is 12.3. The Labute approximate surface area is 103 Å². The first-order valence-corrected chi connectivity index (χ1v) is 6.73. The zero-order valence-electron chi connectivity index (χ0n) is 10.7. The van der Waals surface area contributed by atoms with E-state index in [-0.39, 0.29) is 30.4 Å². The van der Waals surface area contributed by atoms with Gasteiger partial charge in [0.2, 0.25) is 11.8 Å². The van der Waals surface area contributed by atoms with Crippen LogP contribution in [0.15, 0.2) is 0 Å². The van der Waals surface area contributed by atoms with E-state index in [4.69, 9.17) is 0 Å². The Morgan fingerprint density at radius 3 is 2.65 bits per heavy atom. The van der Waals surface area contributed by atoms with Crippen molar-refractivity contribution in [2.75, 3.05) is 6.54 Å². The largest absolute Gasteiger partial charge is 0.343 e. The molecule has 17 heavy (non-hydrogen) atoms. The van der Waals surface area contributed by atoms with Gasteiger partial charge in [-0.2, -0.15) is 0 Å². The SMILES string of the molecule is CCCC1NC(=O)CN(C(C)C2CCC2)C1=O. The Bertz CT molecular complexity index is 313. The predicted molar refractivity (Wildman–Crippen MR) is 65.4 cm³/mol. The first-order chi connectivity index (χ1) is 8.13. The van der Waals surface area contributed by atoms with Crippen molar-refractivity contribution >= 4 is 11.8 Å². The molecule has 4 heteroatoms. The Kier molecular flexibility index (Phi) is 3.69. The smallest absolute Gasteiger partial charge is 0.245 e. The van der Waals surface area contributed by atoms with Gasteiger partial charge in [0.1, 0.15) is 6.04 Å². The number of nitrogens with zero attached hydrogens (tertiary/aromatic N) is 1. The van der Waals surface area contributed by atoms with Crippen molar-refractivity contribution in [2.45, 2.75) is 58.0 Å². The molecule has 1 heterocycles. The summed E-state index contributed by atoms with van der Waals surface area (Å²) in [6.07, 6.45) is 5.33.